The molecule has 146 valence electrons. The van der Waals surface area contributed by atoms with E-state index in [0.29, 0.717) is 12.8 Å². The van der Waals surface area contributed by atoms with Crippen LogP contribution >= 0.6 is 0 Å². The molecule has 0 radical (unpaired) electrons. The maximum absolute atomic E-state index is 12.8. The third-order valence-electron chi connectivity index (χ3n) is 5.62. The summed E-state index contributed by atoms with van der Waals surface area (Å²) in [5.74, 6) is -2.72. The van der Waals surface area contributed by atoms with Crippen LogP contribution in [0.1, 0.15) is 29.6 Å². The quantitative estimate of drug-likeness (QED) is 0.859. The third kappa shape index (κ3) is 3.33. The van der Waals surface area contributed by atoms with Crippen molar-refractivity contribution in [1.82, 2.24) is 9.80 Å². The molecule has 9 heteroatoms. The van der Waals surface area contributed by atoms with Gasteiger partial charge < -0.3 is 19.6 Å². The zero-order valence-electron chi connectivity index (χ0n) is 14.7. The maximum atomic E-state index is 12.8. The van der Waals surface area contributed by atoms with Crippen molar-refractivity contribution >= 4 is 17.8 Å². The average Bonchev–Trinajstić information content (AvgIpc) is 2.87. The second-order valence-electron chi connectivity index (χ2n) is 6.82. The second-order valence-corrected chi connectivity index (χ2v) is 6.82. The topological polar surface area (TPSA) is 87.2 Å². The first-order valence-electron chi connectivity index (χ1n) is 8.59. The molecule has 0 unspecified atom stereocenters. The highest BCUT2D eigenvalue weighted by Crippen LogP contribution is 2.43. The number of likely N-dealkylation sites (tertiary alicyclic amines) is 2. The van der Waals surface area contributed by atoms with Gasteiger partial charge in [-0.05, 0) is 25.0 Å². The van der Waals surface area contributed by atoms with Crippen LogP contribution in [0, 0.1) is 5.92 Å². The summed E-state index contributed by atoms with van der Waals surface area (Å²) in [5.41, 5.74) is -0.794. The van der Waals surface area contributed by atoms with Gasteiger partial charge in [-0.2, -0.15) is 8.78 Å². The van der Waals surface area contributed by atoms with Crippen LogP contribution < -0.4 is 4.74 Å². The van der Waals surface area contributed by atoms with E-state index in [-0.39, 0.29) is 36.7 Å². The van der Waals surface area contributed by atoms with Crippen LogP contribution in [-0.2, 0) is 9.59 Å². The number of carbonyl (C=O) groups is 3. The van der Waals surface area contributed by atoms with Crippen LogP contribution in [0.15, 0.2) is 24.3 Å². The number of hydrogen-bond acceptors (Lipinski definition) is 4. The van der Waals surface area contributed by atoms with Crippen LogP contribution in [0.25, 0.3) is 0 Å². The van der Waals surface area contributed by atoms with Gasteiger partial charge in [-0.1, -0.05) is 12.1 Å². The zero-order chi connectivity index (χ0) is 19.8. The molecule has 1 spiro atoms. The molecule has 1 atom stereocenters. The molecule has 1 N–H and O–H groups in total. The number of carboxylic acids is 1. The molecule has 2 aliphatic rings. The second kappa shape index (κ2) is 7.13. The first-order chi connectivity index (χ1) is 12.8. The van der Waals surface area contributed by atoms with Gasteiger partial charge in [0.25, 0.3) is 5.91 Å². The number of piperidine rings is 1. The molecule has 0 saturated carbocycles. The van der Waals surface area contributed by atoms with Crippen molar-refractivity contribution in [3.05, 3.63) is 29.8 Å². The lowest BCUT2D eigenvalue weighted by Crippen LogP contribution is -2.57. The van der Waals surface area contributed by atoms with Gasteiger partial charge in [-0.25, -0.2) is 0 Å². The van der Waals surface area contributed by atoms with Gasteiger partial charge in [-0.3, -0.25) is 14.4 Å². The highest BCUT2D eigenvalue weighted by molar-refractivity contribution is 5.97. The van der Waals surface area contributed by atoms with Gasteiger partial charge in [-0.15, -0.1) is 0 Å². The fourth-order valence-corrected chi connectivity index (χ4v) is 4.09. The molecule has 0 aliphatic carbocycles. The smallest absolute Gasteiger partial charge is 0.387 e. The van der Waals surface area contributed by atoms with E-state index in [1.165, 1.54) is 28.0 Å². The SMILES string of the molecule is CN1C(=O)C[C@H](C(=O)O)C12CCN(C(=O)c1ccccc1OC(F)F)CC2. The Morgan fingerprint density at radius 1 is 1.26 bits per heavy atom. The van der Waals surface area contributed by atoms with Gasteiger partial charge in [0.15, 0.2) is 0 Å². The minimum absolute atomic E-state index is 0.0272. The van der Waals surface area contributed by atoms with Crippen LogP contribution in [0.5, 0.6) is 5.75 Å². The number of aliphatic carboxylic acids is 1. The highest BCUT2D eigenvalue weighted by atomic mass is 19.3. The molecule has 2 saturated heterocycles. The third-order valence-corrected chi connectivity index (χ3v) is 5.62. The standard InChI is InChI=1S/C18H20F2N2O5/c1-21-14(23)10-12(16(25)26)18(21)6-8-22(9-7-18)15(24)11-4-2-3-5-13(11)27-17(19)20/h2-5,12,17H,6-10H2,1H3,(H,25,26)/t12-/m1/s1. The largest absolute Gasteiger partial charge is 0.481 e. The van der Waals surface area contributed by atoms with Gasteiger partial charge in [0, 0.05) is 26.6 Å². The predicted octanol–water partition coefficient (Wildman–Crippen LogP) is 1.83. The molecule has 2 amide bonds. The number of carboxylic acid groups (broad SMARTS) is 1. The van der Waals surface area contributed by atoms with Crippen molar-refractivity contribution in [3.8, 4) is 5.75 Å². The summed E-state index contributed by atoms with van der Waals surface area (Å²) in [5, 5.41) is 9.49. The molecule has 2 fully saturated rings. The normalized spacial score (nSPS) is 21.8. The van der Waals surface area contributed by atoms with Gasteiger partial charge in [0.1, 0.15) is 5.75 Å². The van der Waals surface area contributed by atoms with E-state index < -0.39 is 29.9 Å². The van der Waals surface area contributed by atoms with Crippen molar-refractivity contribution in [2.45, 2.75) is 31.4 Å². The predicted molar refractivity (Wildman–Crippen MR) is 89.5 cm³/mol. The number of ether oxygens (including phenoxy) is 1. The maximum Gasteiger partial charge on any atom is 0.387 e. The molecule has 0 bridgehead atoms. The Labute approximate surface area is 154 Å². The van der Waals surface area contributed by atoms with Crippen molar-refractivity contribution in [3.63, 3.8) is 0 Å². The van der Waals surface area contributed by atoms with Crippen LogP contribution in [-0.4, -0.2) is 65.0 Å². The summed E-state index contributed by atoms with van der Waals surface area (Å²) >= 11 is 0. The van der Waals surface area contributed by atoms with Crippen LogP contribution in [0.4, 0.5) is 8.78 Å². The molecular weight excluding hydrogens is 362 g/mol. The lowest BCUT2D eigenvalue weighted by molar-refractivity contribution is -0.145. The van der Waals surface area contributed by atoms with E-state index in [4.69, 9.17) is 0 Å². The number of hydrogen-bond donors (Lipinski definition) is 1. The van der Waals surface area contributed by atoms with Gasteiger partial charge in [0.05, 0.1) is 17.0 Å². The summed E-state index contributed by atoms with van der Waals surface area (Å²) in [6, 6.07) is 5.77. The Hall–Kier alpha value is -2.71. The van der Waals surface area contributed by atoms with Crippen molar-refractivity contribution in [1.29, 1.82) is 0 Å². The molecule has 1 aromatic rings. The lowest BCUT2D eigenvalue weighted by Gasteiger charge is -2.45. The average molecular weight is 382 g/mol. The summed E-state index contributed by atoms with van der Waals surface area (Å²) < 4.78 is 29.5. The molecule has 0 aromatic heterocycles. The van der Waals surface area contributed by atoms with Crippen molar-refractivity contribution in [2.75, 3.05) is 20.1 Å². The Balaban J connectivity index is 1.77. The first kappa shape index (κ1) is 19.1. The number of para-hydroxylation sites is 1. The number of benzene rings is 1. The zero-order valence-corrected chi connectivity index (χ0v) is 14.7. The minimum atomic E-state index is -3.04. The van der Waals surface area contributed by atoms with Crippen LogP contribution in [0.3, 0.4) is 0 Å². The molecule has 27 heavy (non-hydrogen) atoms. The Morgan fingerprint density at radius 3 is 2.48 bits per heavy atom. The van der Waals surface area contributed by atoms with Crippen LogP contribution in [0.2, 0.25) is 0 Å². The number of rotatable bonds is 4. The van der Waals surface area contributed by atoms with E-state index in [1.54, 1.807) is 13.1 Å². The highest BCUT2D eigenvalue weighted by Gasteiger charge is 2.55. The Kier molecular flexibility index (Phi) is 5.03. The molecule has 7 nitrogen and oxygen atoms in total. The van der Waals surface area contributed by atoms with E-state index in [0.717, 1.165) is 0 Å². The van der Waals surface area contributed by atoms with E-state index >= 15 is 0 Å². The lowest BCUT2D eigenvalue weighted by atomic mass is 9.77. The van der Waals surface area contributed by atoms with E-state index in [1.807, 2.05) is 0 Å². The number of alkyl halides is 2. The Bertz CT molecular complexity index is 762. The monoisotopic (exact) mass is 382 g/mol. The Morgan fingerprint density at radius 2 is 1.89 bits per heavy atom. The molecular formula is C18H20F2N2O5. The number of nitrogens with zero attached hydrogens (tertiary/aromatic N) is 2. The van der Waals surface area contributed by atoms with Crippen molar-refractivity contribution in [2.24, 2.45) is 5.92 Å². The fourth-order valence-electron chi connectivity index (χ4n) is 4.09. The first-order valence-corrected chi connectivity index (χ1v) is 8.59. The van der Waals surface area contributed by atoms with Gasteiger partial charge >= 0.3 is 12.6 Å². The summed E-state index contributed by atoms with van der Waals surface area (Å²) in [4.78, 5) is 39.4. The number of halogens is 2. The number of amides is 2. The summed E-state index contributed by atoms with van der Waals surface area (Å²) in [6.07, 6.45) is 0.580. The number of carbonyl (C=O) groups excluding carboxylic acids is 2. The van der Waals surface area contributed by atoms with Crippen molar-refractivity contribution < 1.29 is 33.0 Å². The minimum Gasteiger partial charge on any atom is -0.481 e. The molecule has 2 heterocycles. The van der Waals surface area contributed by atoms with Gasteiger partial charge in [0.2, 0.25) is 5.91 Å². The summed E-state index contributed by atoms with van der Waals surface area (Å²) in [7, 11) is 1.59. The fraction of sp³-hybridized carbons (Fsp3) is 0.500. The molecule has 3 rings (SSSR count). The van der Waals surface area contributed by atoms with E-state index in [2.05, 4.69) is 4.74 Å². The molecule has 1 aromatic carbocycles. The van der Waals surface area contributed by atoms with E-state index in [9.17, 15) is 28.3 Å². The summed E-state index contributed by atoms with van der Waals surface area (Å²) in [6.45, 7) is -2.59. The molecule has 2 aliphatic heterocycles.